The molecule has 2 aromatic carbocycles. The smallest absolute Gasteiger partial charge is 0.123 e. The molecule has 20 heavy (non-hydrogen) atoms. The maximum Gasteiger partial charge on any atom is 0.123 e. The van der Waals surface area contributed by atoms with E-state index in [-0.39, 0.29) is 11.7 Å². The molecule has 0 amide bonds. The van der Waals surface area contributed by atoms with Crippen LogP contribution in [-0.4, -0.2) is 13.7 Å². The van der Waals surface area contributed by atoms with Crippen LogP contribution < -0.4 is 9.57 Å². The lowest BCUT2D eigenvalue weighted by Gasteiger charge is -2.18. The van der Waals surface area contributed by atoms with Crippen molar-refractivity contribution in [2.45, 2.75) is 12.3 Å². The van der Waals surface area contributed by atoms with Crippen molar-refractivity contribution in [3.63, 3.8) is 0 Å². The van der Waals surface area contributed by atoms with Crippen molar-refractivity contribution in [3.05, 3.63) is 65.5 Å². The van der Waals surface area contributed by atoms with Crippen LogP contribution in [0.3, 0.4) is 0 Å². The standard InChI is InChI=1S/C16H17ClFNO/c1-20-15-7-3-5-13(11-15)16(8-9-19-17)12-4-2-6-14(18)10-12/h2-7,10-11,16,19H,8-9H2,1H3. The summed E-state index contributed by atoms with van der Waals surface area (Å²) in [5.41, 5.74) is 2.02. The Bertz CT molecular complexity index is 562. The second-order valence-corrected chi connectivity index (χ2v) is 4.82. The largest absolute Gasteiger partial charge is 0.497 e. The Morgan fingerprint density at radius 1 is 1.15 bits per heavy atom. The zero-order valence-electron chi connectivity index (χ0n) is 11.3. The number of benzene rings is 2. The van der Waals surface area contributed by atoms with Crippen LogP contribution in [0.2, 0.25) is 0 Å². The van der Waals surface area contributed by atoms with Crippen molar-refractivity contribution in [1.82, 2.24) is 4.84 Å². The molecule has 106 valence electrons. The fraction of sp³-hybridized carbons (Fsp3) is 0.250. The van der Waals surface area contributed by atoms with E-state index in [1.165, 1.54) is 6.07 Å². The summed E-state index contributed by atoms with van der Waals surface area (Å²) in [4.78, 5) is 2.63. The van der Waals surface area contributed by atoms with Crippen molar-refractivity contribution in [3.8, 4) is 5.75 Å². The minimum atomic E-state index is -0.228. The van der Waals surface area contributed by atoms with Crippen LogP contribution in [0.25, 0.3) is 0 Å². The number of nitrogens with one attached hydrogen (secondary N) is 1. The summed E-state index contributed by atoms with van der Waals surface area (Å²) in [6.45, 7) is 0.639. The second kappa shape index (κ2) is 7.27. The zero-order chi connectivity index (χ0) is 14.4. The summed E-state index contributed by atoms with van der Waals surface area (Å²) in [6, 6.07) is 14.5. The normalized spacial score (nSPS) is 12.2. The van der Waals surface area contributed by atoms with Crippen molar-refractivity contribution < 1.29 is 9.13 Å². The third-order valence-corrected chi connectivity index (χ3v) is 3.46. The van der Waals surface area contributed by atoms with Gasteiger partial charge in [0.15, 0.2) is 0 Å². The summed E-state index contributed by atoms with van der Waals surface area (Å²) < 4.78 is 18.7. The monoisotopic (exact) mass is 293 g/mol. The molecule has 1 N–H and O–H groups in total. The molecule has 0 aliphatic carbocycles. The van der Waals surface area contributed by atoms with Gasteiger partial charge in [-0.05, 0) is 53.6 Å². The van der Waals surface area contributed by atoms with Crippen LogP contribution in [0, 0.1) is 5.82 Å². The van der Waals surface area contributed by atoms with Gasteiger partial charge in [0.2, 0.25) is 0 Å². The van der Waals surface area contributed by atoms with Gasteiger partial charge >= 0.3 is 0 Å². The van der Waals surface area contributed by atoms with Crippen LogP contribution in [-0.2, 0) is 0 Å². The van der Waals surface area contributed by atoms with Gasteiger partial charge in [-0.15, -0.1) is 0 Å². The number of hydrogen-bond acceptors (Lipinski definition) is 2. The third kappa shape index (κ3) is 3.71. The highest BCUT2D eigenvalue weighted by Gasteiger charge is 2.15. The average molecular weight is 294 g/mol. The zero-order valence-corrected chi connectivity index (χ0v) is 12.0. The topological polar surface area (TPSA) is 21.3 Å². The van der Waals surface area contributed by atoms with Gasteiger partial charge in [0, 0.05) is 12.5 Å². The van der Waals surface area contributed by atoms with E-state index >= 15 is 0 Å². The first-order chi connectivity index (χ1) is 9.74. The Morgan fingerprint density at radius 3 is 2.50 bits per heavy atom. The van der Waals surface area contributed by atoms with Crippen molar-refractivity contribution in [2.75, 3.05) is 13.7 Å². The number of rotatable bonds is 6. The van der Waals surface area contributed by atoms with E-state index in [1.807, 2.05) is 30.3 Å². The molecule has 0 spiro atoms. The van der Waals surface area contributed by atoms with E-state index in [0.717, 1.165) is 23.3 Å². The van der Waals surface area contributed by atoms with E-state index in [4.69, 9.17) is 16.5 Å². The van der Waals surface area contributed by atoms with E-state index in [0.29, 0.717) is 6.54 Å². The lowest BCUT2D eigenvalue weighted by molar-refractivity contribution is 0.414. The molecule has 0 radical (unpaired) electrons. The molecule has 2 rings (SSSR count). The summed E-state index contributed by atoms with van der Waals surface area (Å²) >= 11 is 5.56. The van der Waals surface area contributed by atoms with Gasteiger partial charge in [0.05, 0.1) is 7.11 Å². The first kappa shape index (κ1) is 14.8. The van der Waals surface area contributed by atoms with Crippen molar-refractivity contribution in [2.24, 2.45) is 0 Å². The quantitative estimate of drug-likeness (QED) is 0.810. The molecule has 0 fully saturated rings. The van der Waals surface area contributed by atoms with Gasteiger partial charge < -0.3 is 4.74 Å². The van der Waals surface area contributed by atoms with E-state index in [2.05, 4.69) is 4.84 Å². The average Bonchev–Trinajstić information content (AvgIpc) is 2.48. The molecule has 0 heterocycles. The number of hydrogen-bond donors (Lipinski definition) is 1. The van der Waals surface area contributed by atoms with Crippen LogP contribution in [0.15, 0.2) is 48.5 Å². The molecule has 1 atom stereocenters. The predicted molar refractivity (Wildman–Crippen MR) is 79.7 cm³/mol. The Kier molecular flexibility index (Phi) is 5.39. The number of halogens is 2. The van der Waals surface area contributed by atoms with Gasteiger partial charge in [0.1, 0.15) is 11.6 Å². The van der Waals surface area contributed by atoms with Crippen molar-refractivity contribution >= 4 is 11.8 Å². The molecule has 0 aliphatic rings. The predicted octanol–water partition coefficient (Wildman–Crippen LogP) is 4.10. The van der Waals surface area contributed by atoms with E-state index in [1.54, 1.807) is 19.2 Å². The van der Waals surface area contributed by atoms with Crippen LogP contribution in [0.5, 0.6) is 5.75 Å². The minimum Gasteiger partial charge on any atom is -0.497 e. The third-order valence-electron chi connectivity index (χ3n) is 3.27. The maximum absolute atomic E-state index is 13.4. The summed E-state index contributed by atoms with van der Waals surface area (Å²) in [5, 5.41) is 0. The molecule has 2 aromatic rings. The Morgan fingerprint density at radius 2 is 1.85 bits per heavy atom. The molecule has 2 nitrogen and oxygen atoms in total. The number of ether oxygens (including phenoxy) is 1. The van der Waals surface area contributed by atoms with Crippen LogP contribution in [0.4, 0.5) is 4.39 Å². The molecule has 1 unspecified atom stereocenters. The summed E-state index contributed by atoms with van der Waals surface area (Å²) in [7, 11) is 1.64. The molecule has 0 saturated carbocycles. The molecule has 4 heteroatoms. The van der Waals surface area contributed by atoms with E-state index < -0.39 is 0 Å². The molecule has 0 aromatic heterocycles. The highest BCUT2D eigenvalue weighted by molar-refractivity contribution is 6.13. The Balaban J connectivity index is 2.35. The Labute approximate surface area is 123 Å². The molecular formula is C16H17ClFNO. The molecule has 0 aliphatic heterocycles. The minimum absolute atomic E-state index is 0.0760. The lowest BCUT2D eigenvalue weighted by atomic mass is 9.88. The SMILES string of the molecule is COc1cccc(C(CCNCl)c2cccc(F)c2)c1. The summed E-state index contributed by atoms with van der Waals surface area (Å²) in [5.74, 6) is 0.643. The van der Waals surface area contributed by atoms with Crippen molar-refractivity contribution in [1.29, 1.82) is 0 Å². The van der Waals surface area contributed by atoms with E-state index in [9.17, 15) is 4.39 Å². The van der Waals surface area contributed by atoms with Gasteiger partial charge in [-0.3, -0.25) is 0 Å². The first-order valence-corrected chi connectivity index (χ1v) is 6.85. The van der Waals surface area contributed by atoms with Crippen LogP contribution in [0.1, 0.15) is 23.5 Å². The lowest BCUT2D eigenvalue weighted by Crippen LogP contribution is -2.10. The van der Waals surface area contributed by atoms with Gasteiger partial charge in [0.25, 0.3) is 0 Å². The van der Waals surface area contributed by atoms with Gasteiger partial charge in [-0.2, -0.15) is 0 Å². The molecule has 0 bridgehead atoms. The highest BCUT2D eigenvalue weighted by atomic mass is 35.5. The molecule has 0 saturated heterocycles. The summed E-state index contributed by atoms with van der Waals surface area (Å²) in [6.07, 6.45) is 0.778. The highest BCUT2D eigenvalue weighted by Crippen LogP contribution is 2.30. The second-order valence-electron chi connectivity index (χ2n) is 4.56. The van der Waals surface area contributed by atoms with Gasteiger partial charge in [-0.25, -0.2) is 9.23 Å². The molecular weight excluding hydrogens is 277 g/mol. The Hall–Kier alpha value is -1.58. The maximum atomic E-state index is 13.4. The van der Waals surface area contributed by atoms with Gasteiger partial charge in [-0.1, -0.05) is 24.3 Å². The fourth-order valence-electron chi connectivity index (χ4n) is 2.31. The number of methoxy groups -OCH3 is 1. The fourth-order valence-corrected chi connectivity index (χ4v) is 2.42. The van der Waals surface area contributed by atoms with Crippen LogP contribution >= 0.6 is 11.8 Å². The first-order valence-electron chi connectivity index (χ1n) is 6.47.